The van der Waals surface area contributed by atoms with E-state index in [0.717, 1.165) is 6.42 Å². The van der Waals surface area contributed by atoms with Crippen LogP contribution >= 0.6 is 0 Å². The molecule has 1 rings (SSSR count). The van der Waals surface area contributed by atoms with Crippen molar-refractivity contribution >= 4 is 6.08 Å². The lowest BCUT2D eigenvalue weighted by Crippen LogP contribution is -1.88. The van der Waals surface area contributed by atoms with Gasteiger partial charge in [-0.2, -0.15) is 0 Å². The predicted molar refractivity (Wildman–Crippen MR) is 91.8 cm³/mol. The molecule has 0 amide bonds. The fourth-order valence-electron chi connectivity index (χ4n) is 1.80. The van der Waals surface area contributed by atoms with Gasteiger partial charge in [0.05, 0.1) is 0 Å². The van der Waals surface area contributed by atoms with Gasteiger partial charge in [-0.25, -0.2) is 0 Å². The number of benzene rings is 1. The summed E-state index contributed by atoms with van der Waals surface area (Å²) < 4.78 is 0. The summed E-state index contributed by atoms with van der Waals surface area (Å²) in [5.41, 5.74) is 4.21. The zero-order valence-corrected chi connectivity index (χ0v) is 14.2. The van der Waals surface area contributed by atoms with Crippen LogP contribution in [0.1, 0.15) is 77.5 Å². The first-order chi connectivity index (χ1) is 9.21. The molecule has 0 saturated heterocycles. The largest absolute Gasteiger partial charge is 0.0871 e. The van der Waals surface area contributed by atoms with Crippen molar-refractivity contribution in [3.8, 4) is 0 Å². The molecular formula is C19H34. The van der Waals surface area contributed by atoms with Crippen molar-refractivity contribution < 1.29 is 0 Å². The minimum absolute atomic E-state index is 1.12. The van der Waals surface area contributed by atoms with E-state index in [1.807, 2.05) is 13.8 Å². The molecule has 0 radical (unpaired) electrons. The Morgan fingerprint density at radius 1 is 1.00 bits per heavy atom. The van der Waals surface area contributed by atoms with Gasteiger partial charge in [0.1, 0.15) is 0 Å². The Labute approximate surface area is 121 Å². The second kappa shape index (κ2) is 15.0. The van der Waals surface area contributed by atoms with Crippen molar-refractivity contribution in [2.75, 3.05) is 0 Å². The molecular weight excluding hydrogens is 228 g/mol. The van der Waals surface area contributed by atoms with E-state index in [1.165, 1.54) is 36.0 Å². The fourth-order valence-corrected chi connectivity index (χ4v) is 1.80. The summed E-state index contributed by atoms with van der Waals surface area (Å²) in [6.07, 6.45) is 9.44. The molecule has 0 nitrogen and oxygen atoms in total. The molecule has 0 atom stereocenters. The van der Waals surface area contributed by atoms with E-state index in [1.54, 1.807) is 0 Å². The smallest absolute Gasteiger partial charge is 0.0228 e. The van der Waals surface area contributed by atoms with Gasteiger partial charge in [0.25, 0.3) is 0 Å². The van der Waals surface area contributed by atoms with Gasteiger partial charge in [0.15, 0.2) is 0 Å². The molecule has 0 unspecified atom stereocenters. The van der Waals surface area contributed by atoms with Crippen LogP contribution in [0.3, 0.4) is 0 Å². The van der Waals surface area contributed by atoms with Crippen LogP contribution in [-0.4, -0.2) is 0 Å². The van der Waals surface area contributed by atoms with Crippen molar-refractivity contribution in [2.45, 2.75) is 74.1 Å². The molecule has 1 aromatic rings. The Morgan fingerprint density at radius 3 is 1.95 bits per heavy atom. The number of hydrogen-bond donors (Lipinski definition) is 0. The van der Waals surface area contributed by atoms with E-state index in [0.29, 0.717) is 0 Å². The Kier molecular flexibility index (Phi) is 16.0. The van der Waals surface area contributed by atoms with Gasteiger partial charge in [0, 0.05) is 0 Å². The Morgan fingerprint density at radius 2 is 1.58 bits per heavy atom. The Hall–Kier alpha value is -1.04. The first kappa shape index (κ1) is 20.3. The third kappa shape index (κ3) is 9.53. The normalized spacial score (nSPS) is 9.42. The minimum atomic E-state index is 1.12. The summed E-state index contributed by atoms with van der Waals surface area (Å²) in [4.78, 5) is 0. The summed E-state index contributed by atoms with van der Waals surface area (Å²) in [7, 11) is 0. The van der Waals surface area contributed by atoms with Crippen LogP contribution in [0, 0.1) is 6.92 Å². The summed E-state index contributed by atoms with van der Waals surface area (Å²) in [5, 5.41) is 0. The summed E-state index contributed by atoms with van der Waals surface area (Å²) in [5.74, 6) is 0. The molecule has 0 N–H and O–H groups in total. The lowest BCUT2D eigenvalue weighted by Gasteiger charge is -2.05. The van der Waals surface area contributed by atoms with Crippen LogP contribution in [-0.2, 0) is 6.42 Å². The molecule has 0 spiro atoms. The Balaban J connectivity index is 0. The van der Waals surface area contributed by atoms with Crippen LogP contribution in [0.4, 0.5) is 0 Å². The number of unbranched alkanes of at least 4 members (excludes halogenated alkanes) is 2. The van der Waals surface area contributed by atoms with Gasteiger partial charge in [-0.15, -0.1) is 0 Å². The van der Waals surface area contributed by atoms with Gasteiger partial charge in [-0.1, -0.05) is 84.2 Å². The highest BCUT2D eigenvalue weighted by atomic mass is 14.0. The second-order valence-corrected chi connectivity index (χ2v) is 4.34. The average molecular weight is 262 g/mol. The third-order valence-corrected chi connectivity index (χ3v) is 2.92. The highest BCUT2D eigenvalue weighted by Crippen LogP contribution is 2.15. The number of hydrogen-bond acceptors (Lipinski definition) is 0. The molecule has 19 heavy (non-hydrogen) atoms. The van der Waals surface area contributed by atoms with E-state index in [9.17, 15) is 0 Å². The molecule has 0 fully saturated rings. The summed E-state index contributed by atoms with van der Waals surface area (Å²) in [6, 6.07) is 6.48. The van der Waals surface area contributed by atoms with Crippen LogP contribution < -0.4 is 0 Å². The van der Waals surface area contributed by atoms with E-state index >= 15 is 0 Å². The van der Waals surface area contributed by atoms with E-state index in [-0.39, 0.29) is 0 Å². The molecule has 0 aromatic heterocycles. The Bertz CT molecular complexity index is 319. The minimum Gasteiger partial charge on any atom is -0.0871 e. The highest BCUT2D eigenvalue weighted by molar-refractivity contribution is 5.55. The first-order valence-electron chi connectivity index (χ1n) is 7.92. The summed E-state index contributed by atoms with van der Waals surface area (Å²) >= 11 is 0. The van der Waals surface area contributed by atoms with Crippen molar-refractivity contribution in [3.63, 3.8) is 0 Å². The summed E-state index contributed by atoms with van der Waals surface area (Å²) in [6.45, 7) is 14.9. The van der Waals surface area contributed by atoms with Gasteiger partial charge >= 0.3 is 0 Å². The number of aryl methyl sites for hydroxylation is 1. The molecule has 0 bridgehead atoms. The molecule has 0 aliphatic carbocycles. The second-order valence-electron chi connectivity index (χ2n) is 4.34. The van der Waals surface area contributed by atoms with Gasteiger partial charge in [-0.3, -0.25) is 0 Å². The molecule has 0 heterocycles. The standard InChI is InChI=1S/C12H16.C5H12.C2H6/c1-4-7-12-9-6-8-11(5-2)10(12)3;1-3-5-4-2;1-2/h4,6-9H,5H2,1-3H3;3-5H2,1-2H3;1-2H3/b7-4+;;. The number of allylic oxidation sites excluding steroid dienone is 1. The predicted octanol–water partition coefficient (Wildman–Crippen LogP) is 6.81. The van der Waals surface area contributed by atoms with E-state index in [2.05, 4.69) is 65.0 Å². The van der Waals surface area contributed by atoms with Crippen LogP contribution in [0.5, 0.6) is 0 Å². The zero-order valence-electron chi connectivity index (χ0n) is 14.2. The quantitative estimate of drug-likeness (QED) is 0.559. The van der Waals surface area contributed by atoms with Crippen LogP contribution in [0.25, 0.3) is 6.08 Å². The van der Waals surface area contributed by atoms with Crippen molar-refractivity contribution in [3.05, 3.63) is 41.0 Å². The zero-order chi connectivity index (χ0) is 15.1. The van der Waals surface area contributed by atoms with Crippen LogP contribution in [0.15, 0.2) is 24.3 Å². The fraction of sp³-hybridized carbons (Fsp3) is 0.579. The SMILES string of the molecule is C/C=C/c1cccc(CC)c1C.CC.CCCCC. The molecule has 0 aliphatic rings. The molecule has 0 heteroatoms. The maximum absolute atomic E-state index is 2.21. The van der Waals surface area contributed by atoms with Gasteiger partial charge in [-0.05, 0) is 37.0 Å². The molecule has 0 saturated carbocycles. The van der Waals surface area contributed by atoms with Crippen LogP contribution in [0.2, 0.25) is 0 Å². The lowest BCUT2D eigenvalue weighted by molar-refractivity contribution is 0.772. The highest BCUT2D eigenvalue weighted by Gasteiger charge is 1.97. The maximum Gasteiger partial charge on any atom is -0.0228 e. The first-order valence-corrected chi connectivity index (χ1v) is 7.92. The van der Waals surface area contributed by atoms with E-state index in [4.69, 9.17) is 0 Å². The van der Waals surface area contributed by atoms with Crippen molar-refractivity contribution in [1.29, 1.82) is 0 Å². The topological polar surface area (TPSA) is 0 Å². The van der Waals surface area contributed by atoms with Crippen molar-refractivity contribution in [1.82, 2.24) is 0 Å². The molecule has 1 aromatic carbocycles. The van der Waals surface area contributed by atoms with E-state index < -0.39 is 0 Å². The average Bonchev–Trinajstić information content (AvgIpc) is 2.45. The maximum atomic E-state index is 2.21. The van der Waals surface area contributed by atoms with Crippen molar-refractivity contribution in [2.24, 2.45) is 0 Å². The monoisotopic (exact) mass is 262 g/mol. The van der Waals surface area contributed by atoms with Gasteiger partial charge in [0.2, 0.25) is 0 Å². The third-order valence-electron chi connectivity index (χ3n) is 2.92. The molecule has 0 aliphatic heterocycles. The molecule has 110 valence electrons. The van der Waals surface area contributed by atoms with Gasteiger partial charge < -0.3 is 0 Å². The number of rotatable bonds is 4. The lowest BCUT2D eigenvalue weighted by atomic mass is 10.0.